The summed E-state index contributed by atoms with van der Waals surface area (Å²) >= 11 is 0. The van der Waals surface area contributed by atoms with Crippen LogP contribution in [-0.2, 0) is 11.2 Å². The van der Waals surface area contributed by atoms with Crippen LogP contribution in [0.25, 0.3) is 0 Å². The number of ether oxygens (including phenoxy) is 1. The van der Waals surface area contributed by atoms with E-state index in [1.54, 1.807) is 7.11 Å². The Hall–Kier alpha value is -1.35. The summed E-state index contributed by atoms with van der Waals surface area (Å²) in [4.78, 5) is 12.9. The van der Waals surface area contributed by atoms with E-state index >= 15 is 0 Å². The SMILES string of the molecule is COc1ccc(C)cc1CC(=O)C1(CN)CCC(C)CC1. The predicted octanol–water partition coefficient (Wildman–Crippen LogP) is 3.27. The highest BCUT2D eigenvalue weighted by Crippen LogP contribution is 2.40. The molecular weight excluding hydrogens is 262 g/mol. The number of ketones is 1. The second-order valence-electron chi connectivity index (χ2n) is 6.58. The van der Waals surface area contributed by atoms with Gasteiger partial charge in [0.1, 0.15) is 11.5 Å². The Morgan fingerprint density at radius 2 is 2.05 bits per heavy atom. The molecule has 1 aromatic rings. The minimum atomic E-state index is -0.318. The average molecular weight is 289 g/mol. The van der Waals surface area contributed by atoms with Crippen molar-refractivity contribution in [2.75, 3.05) is 13.7 Å². The minimum Gasteiger partial charge on any atom is -0.496 e. The average Bonchev–Trinajstić information content (AvgIpc) is 2.48. The van der Waals surface area contributed by atoms with Gasteiger partial charge in [-0.05, 0) is 44.6 Å². The molecule has 0 unspecified atom stereocenters. The van der Waals surface area contributed by atoms with Crippen molar-refractivity contribution in [1.29, 1.82) is 0 Å². The number of hydrogen-bond acceptors (Lipinski definition) is 3. The van der Waals surface area contributed by atoms with E-state index in [0.29, 0.717) is 18.9 Å². The van der Waals surface area contributed by atoms with E-state index in [9.17, 15) is 4.79 Å². The molecule has 0 heterocycles. The summed E-state index contributed by atoms with van der Waals surface area (Å²) in [6.07, 6.45) is 4.49. The lowest BCUT2D eigenvalue weighted by atomic mass is 9.67. The number of nitrogens with two attached hydrogens (primary N) is 1. The molecule has 0 spiro atoms. The molecule has 0 aliphatic heterocycles. The van der Waals surface area contributed by atoms with Gasteiger partial charge in [0.25, 0.3) is 0 Å². The molecule has 1 aliphatic rings. The van der Waals surface area contributed by atoms with Crippen LogP contribution in [0.2, 0.25) is 0 Å². The zero-order chi connectivity index (χ0) is 15.5. The van der Waals surface area contributed by atoms with E-state index in [2.05, 4.69) is 6.92 Å². The highest BCUT2D eigenvalue weighted by molar-refractivity contribution is 5.87. The third kappa shape index (κ3) is 3.46. The number of hydrogen-bond donors (Lipinski definition) is 1. The van der Waals surface area contributed by atoms with Crippen LogP contribution >= 0.6 is 0 Å². The fourth-order valence-corrected chi connectivity index (χ4v) is 3.32. The van der Waals surface area contributed by atoms with E-state index in [0.717, 1.165) is 42.6 Å². The Balaban J connectivity index is 2.18. The maximum absolute atomic E-state index is 12.9. The minimum absolute atomic E-state index is 0.279. The fraction of sp³-hybridized carbons (Fsp3) is 0.611. The molecule has 0 atom stereocenters. The maximum atomic E-state index is 12.9. The van der Waals surface area contributed by atoms with E-state index in [-0.39, 0.29) is 11.2 Å². The van der Waals surface area contributed by atoms with Gasteiger partial charge in [0.15, 0.2) is 0 Å². The van der Waals surface area contributed by atoms with Gasteiger partial charge in [-0.15, -0.1) is 0 Å². The topological polar surface area (TPSA) is 52.3 Å². The van der Waals surface area contributed by atoms with Crippen molar-refractivity contribution in [3.63, 3.8) is 0 Å². The van der Waals surface area contributed by atoms with Gasteiger partial charge in [-0.3, -0.25) is 4.79 Å². The second-order valence-corrected chi connectivity index (χ2v) is 6.58. The molecule has 1 saturated carbocycles. The second kappa shape index (κ2) is 6.61. The molecule has 0 bridgehead atoms. The largest absolute Gasteiger partial charge is 0.496 e. The standard InChI is InChI=1S/C18H27NO2/c1-13-6-8-18(12-19,9-7-13)17(20)11-15-10-14(2)4-5-16(15)21-3/h4-5,10,13H,6-9,11-12,19H2,1-3H3. The quantitative estimate of drug-likeness (QED) is 0.905. The molecule has 1 aromatic carbocycles. The third-order valence-corrected chi connectivity index (χ3v) is 5.00. The Kier molecular flexibility index (Phi) is 5.04. The normalized spacial score (nSPS) is 25.6. The number of benzene rings is 1. The summed E-state index contributed by atoms with van der Waals surface area (Å²) in [6, 6.07) is 6.00. The summed E-state index contributed by atoms with van der Waals surface area (Å²) in [5, 5.41) is 0. The summed E-state index contributed by atoms with van der Waals surface area (Å²) < 4.78 is 5.39. The van der Waals surface area contributed by atoms with Crippen molar-refractivity contribution in [3.05, 3.63) is 29.3 Å². The zero-order valence-corrected chi connectivity index (χ0v) is 13.4. The molecule has 0 amide bonds. The first kappa shape index (κ1) is 16.0. The molecule has 0 radical (unpaired) electrons. The lowest BCUT2D eigenvalue weighted by Gasteiger charge is -2.37. The molecule has 2 N–H and O–H groups in total. The number of methoxy groups -OCH3 is 1. The number of aryl methyl sites for hydroxylation is 1. The maximum Gasteiger partial charge on any atom is 0.144 e. The van der Waals surface area contributed by atoms with Gasteiger partial charge in [0, 0.05) is 23.9 Å². The summed E-state index contributed by atoms with van der Waals surface area (Å²) in [5.41, 5.74) is 7.80. The van der Waals surface area contributed by atoms with E-state index in [4.69, 9.17) is 10.5 Å². The molecule has 3 heteroatoms. The predicted molar refractivity (Wildman–Crippen MR) is 85.6 cm³/mol. The van der Waals surface area contributed by atoms with Crippen LogP contribution < -0.4 is 10.5 Å². The third-order valence-electron chi connectivity index (χ3n) is 5.00. The number of carbonyl (C=O) groups excluding carboxylic acids is 1. The fourth-order valence-electron chi connectivity index (χ4n) is 3.32. The first-order valence-electron chi connectivity index (χ1n) is 7.87. The van der Waals surface area contributed by atoms with Crippen molar-refractivity contribution in [3.8, 4) is 5.75 Å². The first-order chi connectivity index (χ1) is 10.0. The van der Waals surface area contributed by atoms with Crippen LogP contribution in [-0.4, -0.2) is 19.4 Å². The Morgan fingerprint density at radius 1 is 1.38 bits per heavy atom. The van der Waals surface area contributed by atoms with Crippen molar-refractivity contribution >= 4 is 5.78 Å². The van der Waals surface area contributed by atoms with Gasteiger partial charge < -0.3 is 10.5 Å². The number of Topliss-reactive ketones (excluding diaryl/α,β-unsaturated/α-hetero) is 1. The van der Waals surface area contributed by atoms with Gasteiger partial charge >= 0.3 is 0 Å². The van der Waals surface area contributed by atoms with Crippen molar-refractivity contribution in [2.24, 2.45) is 17.1 Å². The monoisotopic (exact) mass is 289 g/mol. The van der Waals surface area contributed by atoms with Crippen molar-refractivity contribution in [2.45, 2.75) is 46.0 Å². The van der Waals surface area contributed by atoms with Crippen LogP contribution in [0, 0.1) is 18.3 Å². The van der Waals surface area contributed by atoms with Crippen LogP contribution in [0.3, 0.4) is 0 Å². The summed E-state index contributed by atoms with van der Waals surface area (Å²) in [6.45, 7) is 4.76. The van der Waals surface area contributed by atoms with Crippen molar-refractivity contribution in [1.82, 2.24) is 0 Å². The van der Waals surface area contributed by atoms with Crippen LogP contribution in [0.15, 0.2) is 18.2 Å². The van der Waals surface area contributed by atoms with Crippen LogP contribution in [0.5, 0.6) is 5.75 Å². The molecule has 116 valence electrons. The molecule has 1 fully saturated rings. The number of carbonyl (C=O) groups is 1. The van der Waals surface area contributed by atoms with Crippen LogP contribution in [0.1, 0.15) is 43.7 Å². The van der Waals surface area contributed by atoms with Gasteiger partial charge in [0.05, 0.1) is 7.11 Å². The van der Waals surface area contributed by atoms with E-state index < -0.39 is 0 Å². The van der Waals surface area contributed by atoms with E-state index in [1.165, 1.54) is 0 Å². The Bertz CT molecular complexity index is 502. The highest BCUT2D eigenvalue weighted by atomic mass is 16.5. The van der Waals surface area contributed by atoms with Gasteiger partial charge in [-0.1, -0.05) is 24.6 Å². The molecule has 2 rings (SSSR count). The smallest absolute Gasteiger partial charge is 0.144 e. The summed E-state index contributed by atoms with van der Waals surface area (Å²) in [7, 11) is 1.65. The van der Waals surface area contributed by atoms with Gasteiger partial charge in [-0.25, -0.2) is 0 Å². The van der Waals surface area contributed by atoms with Gasteiger partial charge in [-0.2, -0.15) is 0 Å². The van der Waals surface area contributed by atoms with Crippen LogP contribution in [0.4, 0.5) is 0 Å². The Labute approximate surface area is 127 Å². The van der Waals surface area contributed by atoms with Gasteiger partial charge in [0.2, 0.25) is 0 Å². The number of rotatable bonds is 5. The highest BCUT2D eigenvalue weighted by Gasteiger charge is 2.39. The molecule has 21 heavy (non-hydrogen) atoms. The lowest BCUT2D eigenvalue weighted by Crippen LogP contribution is -2.42. The molecule has 3 nitrogen and oxygen atoms in total. The van der Waals surface area contributed by atoms with E-state index in [1.807, 2.05) is 25.1 Å². The Morgan fingerprint density at radius 3 is 2.62 bits per heavy atom. The zero-order valence-electron chi connectivity index (χ0n) is 13.4. The molecule has 0 aromatic heterocycles. The molecule has 0 saturated heterocycles. The van der Waals surface area contributed by atoms with Crippen molar-refractivity contribution < 1.29 is 9.53 Å². The first-order valence-corrected chi connectivity index (χ1v) is 7.87. The summed E-state index contributed by atoms with van der Waals surface area (Å²) in [5.74, 6) is 1.79. The molecule has 1 aliphatic carbocycles. The lowest BCUT2D eigenvalue weighted by molar-refractivity contribution is -0.129. The molecular formula is C18H27NO2.